The Balaban J connectivity index is 2.38. The number of hydrogen-bond acceptors (Lipinski definition) is 3. The molecule has 0 spiro atoms. The number of nitrogens with one attached hydrogen (secondary N) is 2. The third-order valence-corrected chi connectivity index (χ3v) is 2.66. The number of rotatable bonds is 6. The van der Waals surface area contributed by atoms with Crippen LogP contribution in [-0.4, -0.2) is 42.5 Å². The Kier molecular flexibility index (Phi) is 6.33. The molecule has 8 heteroatoms. The van der Waals surface area contributed by atoms with Gasteiger partial charge in [-0.05, 0) is 12.1 Å². The number of hydrogen-bond donors (Lipinski definition) is 3. The molecule has 0 aliphatic heterocycles. The van der Waals surface area contributed by atoms with E-state index in [-0.39, 0.29) is 10.6 Å². The number of carbonyl (C=O) groups excluding carboxylic acids is 2. The third kappa shape index (κ3) is 5.10. The fourth-order valence-corrected chi connectivity index (χ4v) is 1.49. The van der Waals surface area contributed by atoms with E-state index in [4.69, 9.17) is 16.7 Å². The van der Waals surface area contributed by atoms with E-state index in [9.17, 15) is 18.4 Å². The largest absolute Gasteiger partial charge is 0.385 e. The fourth-order valence-electron chi connectivity index (χ4n) is 1.27. The zero-order valence-corrected chi connectivity index (χ0v) is 11.0. The van der Waals surface area contributed by atoms with Gasteiger partial charge in [0.05, 0.1) is 17.1 Å². The van der Waals surface area contributed by atoms with E-state index in [0.717, 1.165) is 0 Å². The molecule has 1 aromatic carbocycles. The molecule has 0 aliphatic rings. The van der Waals surface area contributed by atoms with Gasteiger partial charge < -0.3 is 15.7 Å². The van der Waals surface area contributed by atoms with Gasteiger partial charge in [0.1, 0.15) is 6.10 Å². The van der Waals surface area contributed by atoms with Crippen molar-refractivity contribution in [2.75, 3.05) is 13.1 Å². The van der Waals surface area contributed by atoms with Crippen molar-refractivity contribution in [3.8, 4) is 0 Å². The van der Waals surface area contributed by atoms with Crippen molar-refractivity contribution >= 4 is 23.4 Å². The number of alkyl halides is 2. The molecule has 2 amide bonds. The van der Waals surface area contributed by atoms with E-state index < -0.39 is 37.4 Å². The van der Waals surface area contributed by atoms with Gasteiger partial charge in [0.25, 0.3) is 12.3 Å². The first-order valence-electron chi connectivity index (χ1n) is 5.67. The number of aliphatic hydroxyl groups excluding tert-OH is 1. The van der Waals surface area contributed by atoms with Crippen molar-refractivity contribution in [1.82, 2.24) is 10.6 Å². The Hall–Kier alpha value is -1.73. The van der Waals surface area contributed by atoms with Crippen LogP contribution < -0.4 is 10.6 Å². The summed E-state index contributed by atoms with van der Waals surface area (Å²) in [6.07, 6.45) is -4.87. The van der Waals surface area contributed by atoms with Crippen LogP contribution in [0.15, 0.2) is 24.3 Å². The molecule has 1 rings (SSSR count). The van der Waals surface area contributed by atoms with Crippen molar-refractivity contribution in [3.63, 3.8) is 0 Å². The number of benzene rings is 1. The summed E-state index contributed by atoms with van der Waals surface area (Å²) in [5.74, 6) is -1.25. The number of aliphatic hydroxyl groups is 1. The van der Waals surface area contributed by atoms with Gasteiger partial charge in [0.15, 0.2) is 0 Å². The van der Waals surface area contributed by atoms with Crippen LogP contribution in [0.3, 0.4) is 0 Å². The molecule has 1 atom stereocenters. The molecule has 1 aromatic rings. The lowest BCUT2D eigenvalue weighted by molar-refractivity contribution is -0.121. The molecule has 3 N–H and O–H groups in total. The second-order valence-electron chi connectivity index (χ2n) is 3.87. The maximum absolute atomic E-state index is 12.0. The Labute approximate surface area is 118 Å². The molecule has 0 radical (unpaired) electrons. The molecule has 0 heterocycles. The lowest BCUT2D eigenvalue weighted by atomic mass is 10.2. The molecule has 0 aromatic heterocycles. The van der Waals surface area contributed by atoms with Crippen molar-refractivity contribution in [2.24, 2.45) is 0 Å². The molecule has 110 valence electrons. The zero-order chi connectivity index (χ0) is 15.1. The summed E-state index contributed by atoms with van der Waals surface area (Å²) >= 11 is 5.79. The maximum atomic E-state index is 12.0. The van der Waals surface area contributed by atoms with Gasteiger partial charge in [-0.1, -0.05) is 23.7 Å². The highest BCUT2D eigenvalue weighted by atomic mass is 35.5. The Morgan fingerprint density at radius 3 is 2.50 bits per heavy atom. The van der Waals surface area contributed by atoms with E-state index >= 15 is 0 Å². The van der Waals surface area contributed by atoms with Crippen LogP contribution in [0.2, 0.25) is 5.02 Å². The van der Waals surface area contributed by atoms with Crippen molar-refractivity contribution in [1.29, 1.82) is 0 Å². The highest BCUT2D eigenvalue weighted by Gasteiger charge is 2.17. The average molecular weight is 307 g/mol. The summed E-state index contributed by atoms with van der Waals surface area (Å²) in [5.41, 5.74) is 0.203. The van der Waals surface area contributed by atoms with Gasteiger partial charge in [-0.15, -0.1) is 0 Å². The maximum Gasteiger partial charge on any atom is 0.265 e. The van der Waals surface area contributed by atoms with Gasteiger partial charge in [-0.2, -0.15) is 0 Å². The molecule has 1 unspecified atom stereocenters. The van der Waals surface area contributed by atoms with Crippen molar-refractivity contribution in [2.45, 2.75) is 12.5 Å². The molecule has 0 bridgehead atoms. The molecular weight excluding hydrogens is 294 g/mol. The predicted molar refractivity (Wildman–Crippen MR) is 68.8 cm³/mol. The van der Waals surface area contributed by atoms with Crippen LogP contribution in [0.1, 0.15) is 10.4 Å². The van der Waals surface area contributed by atoms with Gasteiger partial charge in [-0.25, -0.2) is 8.78 Å². The Morgan fingerprint density at radius 1 is 1.25 bits per heavy atom. The van der Waals surface area contributed by atoms with Gasteiger partial charge in [0, 0.05) is 6.54 Å². The minimum absolute atomic E-state index is 0.203. The lowest BCUT2D eigenvalue weighted by Crippen LogP contribution is -2.41. The zero-order valence-electron chi connectivity index (χ0n) is 10.3. The van der Waals surface area contributed by atoms with Crippen molar-refractivity contribution in [3.05, 3.63) is 34.9 Å². The third-order valence-electron chi connectivity index (χ3n) is 2.33. The molecule has 0 fully saturated rings. The number of halogens is 3. The van der Waals surface area contributed by atoms with E-state index in [1.54, 1.807) is 12.1 Å². The first-order chi connectivity index (χ1) is 9.41. The van der Waals surface area contributed by atoms with Gasteiger partial charge >= 0.3 is 0 Å². The quantitative estimate of drug-likeness (QED) is 0.728. The highest BCUT2D eigenvalue weighted by molar-refractivity contribution is 6.33. The average Bonchev–Trinajstić information content (AvgIpc) is 2.42. The van der Waals surface area contributed by atoms with Crippen LogP contribution in [0.5, 0.6) is 0 Å². The van der Waals surface area contributed by atoms with Crippen LogP contribution in [0.4, 0.5) is 8.78 Å². The SMILES string of the molecule is O=C(CNC(=O)c1ccccc1Cl)NCC(O)C(F)F. The van der Waals surface area contributed by atoms with E-state index in [0.29, 0.717) is 0 Å². The molecule has 0 saturated heterocycles. The second-order valence-corrected chi connectivity index (χ2v) is 4.28. The molecule has 5 nitrogen and oxygen atoms in total. The highest BCUT2D eigenvalue weighted by Crippen LogP contribution is 2.14. The van der Waals surface area contributed by atoms with E-state index in [2.05, 4.69) is 10.6 Å². The van der Waals surface area contributed by atoms with Gasteiger partial charge in [0.2, 0.25) is 5.91 Å². The van der Waals surface area contributed by atoms with Crippen LogP contribution >= 0.6 is 11.6 Å². The summed E-state index contributed by atoms with van der Waals surface area (Å²) in [6.45, 7) is -0.988. The summed E-state index contributed by atoms with van der Waals surface area (Å²) in [5, 5.41) is 13.4. The number of carbonyl (C=O) groups is 2. The summed E-state index contributed by atoms with van der Waals surface area (Å²) in [7, 11) is 0. The second kappa shape index (κ2) is 7.76. The van der Waals surface area contributed by atoms with Crippen LogP contribution in [0, 0.1) is 0 Å². The number of amides is 2. The molecular formula is C12H13ClF2N2O3. The van der Waals surface area contributed by atoms with E-state index in [1.807, 2.05) is 0 Å². The fraction of sp³-hybridized carbons (Fsp3) is 0.333. The monoisotopic (exact) mass is 306 g/mol. The Morgan fingerprint density at radius 2 is 1.90 bits per heavy atom. The normalized spacial score (nSPS) is 12.1. The summed E-state index contributed by atoms with van der Waals surface area (Å²) in [4.78, 5) is 22.9. The summed E-state index contributed by atoms with van der Waals surface area (Å²) in [6, 6.07) is 6.27. The molecule has 0 saturated carbocycles. The van der Waals surface area contributed by atoms with Crippen LogP contribution in [-0.2, 0) is 4.79 Å². The van der Waals surface area contributed by atoms with Crippen LogP contribution in [0.25, 0.3) is 0 Å². The standard InChI is InChI=1S/C12H13ClF2N2O3/c13-8-4-2-1-3-7(8)12(20)17-6-10(19)16-5-9(18)11(14)15/h1-4,9,11,18H,5-6H2,(H,16,19)(H,17,20). The lowest BCUT2D eigenvalue weighted by Gasteiger charge is -2.11. The van der Waals surface area contributed by atoms with Crippen molar-refractivity contribution < 1.29 is 23.5 Å². The summed E-state index contributed by atoms with van der Waals surface area (Å²) < 4.78 is 23.9. The smallest absolute Gasteiger partial charge is 0.265 e. The first-order valence-corrected chi connectivity index (χ1v) is 6.05. The van der Waals surface area contributed by atoms with Gasteiger partial charge in [-0.3, -0.25) is 9.59 Å². The predicted octanol–water partition coefficient (Wildman–Crippen LogP) is 0.812. The Bertz CT molecular complexity index is 486. The minimum atomic E-state index is -2.94. The molecule has 0 aliphatic carbocycles. The first kappa shape index (κ1) is 16.3. The topological polar surface area (TPSA) is 78.4 Å². The van der Waals surface area contributed by atoms with E-state index in [1.165, 1.54) is 12.1 Å². The minimum Gasteiger partial charge on any atom is -0.385 e. The molecule has 20 heavy (non-hydrogen) atoms.